The molecule has 12 heteroatoms. The van der Waals surface area contributed by atoms with Crippen molar-refractivity contribution in [1.82, 2.24) is 19.6 Å². The SMILES string of the molecule is COCc1nc(OC)c2c(C)c(C(=O)NCCS(=O)(=O)N3CCOCC3)sc2n1. The summed E-state index contributed by atoms with van der Waals surface area (Å²) in [6.07, 6.45) is 0. The number of amides is 1. The Labute approximate surface area is 173 Å². The summed E-state index contributed by atoms with van der Waals surface area (Å²) >= 11 is 1.21. The van der Waals surface area contributed by atoms with E-state index < -0.39 is 10.0 Å². The molecule has 2 aromatic heterocycles. The highest BCUT2D eigenvalue weighted by Gasteiger charge is 2.25. The van der Waals surface area contributed by atoms with Gasteiger partial charge in [-0.2, -0.15) is 9.29 Å². The number of ether oxygens (including phenoxy) is 3. The molecule has 3 heterocycles. The first kappa shape index (κ1) is 21.8. The topological polar surface area (TPSA) is 120 Å². The second kappa shape index (κ2) is 9.30. The van der Waals surface area contributed by atoms with Gasteiger partial charge in [0.25, 0.3) is 5.91 Å². The van der Waals surface area contributed by atoms with Gasteiger partial charge in [0.15, 0.2) is 5.82 Å². The Morgan fingerprint density at radius 3 is 2.66 bits per heavy atom. The van der Waals surface area contributed by atoms with Gasteiger partial charge in [-0.1, -0.05) is 0 Å². The zero-order chi connectivity index (χ0) is 21.0. The Kier molecular flexibility index (Phi) is 7.01. The number of fused-ring (bicyclic) bond motifs is 1. The fourth-order valence-electron chi connectivity index (χ4n) is 3.03. The molecule has 1 aliphatic heterocycles. The standard InChI is InChI=1S/C17H24N4O6S2/c1-11-13-16(26-3)19-12(10-25-2)20-17(13)28-14(11)15(22)18-4-9-29(23,24)21-5-7-27-8-6-21/h4-10H2,1-3H3,(H,18,22). The average Bonchev–Trinajstić information content (AvgIpc) is 3.05. The number of hydrogen-bond acceptors (Lipinski definition) is 9. The molecule has 3 rings (SSSR count). The largest absolute Gasteiger partial charge is 0.480 e. The summed E-state index contributed by atoms with van der Waals surface area (Å²) < 4.78 is 41.7. The lowest BCUT2D eigenvalue weighted by Crippen LogP contribution is -2.43. The molecular formula is C17H24N4O6S2. The van der Waals surface area contributed by atoms with E-state index in [2.05, 4.69) is 15.3 Å². The first-order chi connectivity index (χ1) is 13.9. The molecular weight excluding hydrogens is 420 g/mol. The predicted octanol–water partition coefficient (Wildman–Crippen LogP) is 0.547. The quantitative estimate of drug-likeness (QED) is 0.627. The maximum Gasteiger partial charge on any atom is 0.261 e. The van der Waals surface area contributed by atoms with Crippen molar-refractivity contribution in [3.63, 3.8) is 0 Å². The number of carbonyl (C=O) groups excluding carboxylic acids is 1. The number of morpholine rings is 1. The molecule has 0 radical (unpaired) electrons. The number of aromatic nitrogens is 2. The number of rotatable bonds is 8. The first-order valence-electron chi connectivity index (χ1n) is 9.04. The molecule has 0 aromatic carbocycles. The van der Waals surface area contributed by atoms with Crippen LogP contribution in [0.5, 0.6) is 5.88 Å². The van der Waals surface area contributed by atoms with Gasteiger partial charge in [0.1, 0.15) is 11.4 Å². The van der Waals surface area contributed by atoms with E-state index in [-0.39, 0.29) is 24.8 Å². The summed E-state index contributed by atoms with van der Waals surface area (Å²) in [5.74, 6) is 0.327. The van der Waals surface area contributed by atoms with E-state index in [0.717, 1.165) is 0 Å². The molecule has 1 amide bonds. The molecule has 10 nitrogen and oxygen atoms in total. The van der Waals surface area contributed by atoms with Crippen LogP contribution in [0.3, 0.4) is 0 Å². The maximum atomic E-state index is 12.7. The third-order valence-corrected chi connectivity index (χ3v) is 7.54. The molecule has 1 N–H and O–H groups in total. The van der Waals surface area contributed by atoms with Crippen LogP contribution in [0.2, 0.25) is 0 Å². The smallest absolute Gasteiger partial charge is 0.261 e. The number of aryl methyl sites for hydroxylation is 1. The van der Waals surface area contributed by atoms with Crippen LogP contribution in [-0.4, -0.2) is 81.4 Å². The van der Waals surface area contributed by atoms with E-state index >= 15 is 0 Å². The third-order valence-electron chi connectivity index (χ3n) is 4.49. The third kappa shape index (κ3) is 4.83. The molecule has 1 aliphatic rings. The van der Waals surface area contributed by atoms with Crippen molar-refractivity contribution >= 4 is 37.5 Å². The molecule has 0 saturated carbocycles. The number of thiophene rings is 1. The lowest BCUT2D eigenvalue weighted by molar-refractivity contribution is 0.0730. The molecule has 29 heavy (non-hydrogen) atoms. The van der Waals surface area contributed by atoms with Crippen LogP contribution in [0.25, 0.3) is 10.2 Å². The molecule has 0 aliphatic carbocycles. The normalized spacial score (nSPS) is 15.6. The van der Waals surface area contributed by atoms with Crippen LogP contribution in [0.15, 0.2) is 0 Å². The van der Waals surface area contributed by atoms with Crippen molar-refractivity contribution in [3.8, 4) is 5.88 Å². The van der Waals surface area contributed by atoms with Crippen LogP contribution in [-0.2, 0) is 26.1 Å². The van der Waals surface area contributed by atoms with Crippen molar-refractivity contribution in [2.75, 3.05) is 52.8 Å². The van der Waals surface area contributed by atoms with Gasteiger partial charge >= 0.3 is 0 Å². The fraction of sp³-hybridized carbons (Fsp3) is 0.588. The Bertz CT molecular complexity index is 985. The Morgan fingerprint density at radius 2 is 2.00 bits per heavy atom. The number of methoxy groups -OCH3 is 2. The highest BCUT2D eigenvalue weighted by molar-refractivity contribution is 7.89. The van der Waals surface area contributed by atoms with E-state index in [1.807, 2.05) is 0 Å². The minimum atomic E-state index is -3.43. The first-order valence-corrected chi connectivity index (χ1v) is 11.5. The molecule has 2 aromatic rings. The van der Waals surface area contributed by atoms with Gasteiger partial charge in [-0.3, -0.25) is 4.79 Å². The summed E-state index contributed by atoms with van der Waals surface area (Å²) in [7, 11) is -0.382. The number of sulfonamides is 1. The van der Waals surface area contributed by atoms with Gasteiger partial charge in [0.05, 0.1) is 36.3 Å². The lowest BCUT2D eigenvalue weighted by atomic mass is 10.2. The summed E-state index contributed by atoms with van der Waals surface area (Å²) in [5.41, 5.74) is 0.694. The molecule has 1 saturated heterocycles. The van der Waals surface area contributed by atoms with Crippen LogP contribution in [0.1, 0.15) is 21.1 Å². The number of carbonyl (C=O) groups is 1. The Morgan fingerprint density at radius 1 is 1.28 bits per heavy atom. The summed E-state index contributed by atoms with van der Waals surface area (Å²) in [6.45, 7) is 3.50. The number of nitrogens with zero attached hydrogens (tertiary/aromatic N) is 3. The Balaban J connectivity index is 1.73. The van der Waals surface area contributed by atoms with E-state index in [0.29, 0.717) is 58.7 Å². The van der Waals surface area contributed by atoms with Gasteiger partial charge in [-0.15, -0.1) is 11.3 Å². The number of nitrogens with one attached hydrogen (secondary N) is 1. The zero-order valence-corrected chi connectivity index (χ0v) is 18.2. The lowest BCUT2D eigenvalue weighted by Gasteiger charge is -2.26. The van der Waals surface area contributed by atoms with Crippen molar-refractivity contribution in [3.05, 3.63) is 16.3 Å². The van der Waals surface area contributed by atoms with Crippen molar-refractivity contribution in [2.45, 2.75) is 13.5 Å². The van der Waals surface area contributed by atoms with Crippen LogP contribution < -0.4 is 10.1 Å². The van der Waals surface area contributed by atoms with Gasteiger partial charge in [-0.25, -0.2) is 13.4 Å². The van der Waals surface area contributed by atoms with E-state index in [1.165, 1.54) is 22.8 Å². The van der Waals surface area contributed by atoms with Crippen LogP contribution in [0, 0.1) is 6.92 Å². The molecule has 1 fully saturated rings. The van der Waals surface area contributed by atoms with Crippen molar-refractivity contribution in [1.29, 1.82) is 0 Å². The predicted molar refractivity (Wildman–Crippen MR) is 108 cm³/mol. The molecule has 0 unspecified atom stereocenters. The molecule has 160 valence electrons. The monoisotopic (exact) mass is 444 g/mol. The van der Waals surface area contributed by atoms with E-state index in [9.17, 15) is 13.2 Å². The van der Waals surface area contributed by atoms with Gasteiger partial charge in [-0.05, 0) is 12.5 Å². The average molecular weight is 445 g/mol. The number of hydrogen-bond donors (Lipinski definition) is 1. The molecule has 0 atom stereocenters. The van der Waals surface area contributed by atoms with Gasteiger partial charge < -0.3 is 19.5 Å². The summed E-state index contributed by atoms with van der Waals surface area (Å²) in [4.78, 5) is 22.5. The second-order valence-corrected chi connectivity index (χ2v) is 9.49. The highest BCUT2D eigenvalue weighted by Crippen LogP contribution is 2.35. The van der Waals surface area contributed by atoms with Gasteiger partial charge in [0.2, 0.25) is 15.9 Å². The summed E-state index contributed by atoms with van der Waals surface area (Å²) in [6, 6.07) is 0. The van der Waals surface area contributed by atoms with Crippen molar-refractivity contribution in [2.24, 2.45) is 0 Å². The van der Waals surface area contributed by atoms with Gasteiger partial charge in [0, 0.05) is 26.7 Å². The van der Waals surface area contributed by atoms with Crippen LogP contribution >= 0.6 is 11.3 Å². The minimum Gasteiger partial charge on any atom is -0.480 e. The highest BCUT2D eigenvalue weighted by atomic mass is 32.2. The molecule has 0 bridgehead atoms. The van der Waals surface area contributed by atoms with Crippen LogP contribution in [0.4, 0.5) is 0 Å². The minimum absolute atomic E-state index is 0.0178. The molecule has 0 spiro atoms. The van der Waals surface area contributed by atoms with E-state index in [1.54, 1.807) is 14.0 Å². The summed E-state index contributed by atoms with van der Waals surface area (Å²) in [5, 5.41) is 3.36. The Hall–Kier alpha value is -1.86. The van der Waals surface area contributed by atoms with Crippen molar-refractivity contribution < 1.29 is 27.4 Å². The second-order valence-electron chi connectivity index (χ2n) is 6.40. The maximum absolute atomic E-state index is 12.7. The zero-order valence-electron chi connectivity index (χ0n) is 16.6. The van der Waals surface area contributed by atoms with E-state index in [4.69, 9.17) is 14.2 Å². The fourth-order valence-corrected chi connectivity index (χ4v) is 5.46.